The van der Waals surface area contributed by atoms with E-state index in [4.69, 9.17) is 19.9 Å². The molecule has 7 heteroatoms. The topological polar surface area (TPSA) is 61.4 Å². The molecular formula is C50H30N6S. The zero-order valence-electron chi connectivity index (χ0n) is 30.4. The average Bonchev–Trinajstić information content (AvgIpc) is 3.95. The number of rotatable bonds is 5. The lowest BCUT2D eigenvalue weighted by Crippen LogP contribution is -2.06. The van der Waals surface area contributed by atoms with Crippen molar-refractivity contribution >= 4 is 75.3 Å². The van der Waals surface area contributed by atoms with Gasteiger partial charge in [-0.05, 0) is 36.4 Å². The molecule has 7 aromatic carbocycles. The molecule has 266 valence electrons. The van der Waals surface area contributed by atoms with Gasteiger partial charge in [0.05, 0.1) is 38.0 Å². The van der Waals surface area contributed by atoms with E-state index in [1.165, 1.54) is 25.7 Å². The van der Waals surface area contributed by atoms with E-state index in [0.29, 0.717) is 17.6 Å². The third-order valence-corrected chi connectivity index (χ3v) is 12.2. The minimum absolute atomic E-state index is 0.576. The molecule has 0 N–H and O–H groups in total. The third kappa shape index (κ3) is 4.89. The minimum Gasteiger partial charge on any atom is -0.308 e. The minimum atomic E-state index is 0.576. The van der Waals surface area contributed by atoms with Crippen LogP contribution < -0.4 is 0 Å². The van der Waals surface area contributed by atoms with Gasteiger partial charge in [-0.2, -0.15) is 9.97 Å². The first-order valence-electron chi connectivity index (χ1n) is 19.0. The van der Waals surface area contributed by atoms with Gasteiger partial charge in [0.15, 0.2) is 11.6 Å². The van der Waals surface area contributed by atoms with Crippen LogP contribution in [0.4, 0.5) is 0 Å². The van der Waals surface area contributed by atoms with Crippen LogP contribution in [-0.4, -0.2) is 29.1 Å². The number of nitrogens with zero attached hydrogens (tertiary/aromatic N) is 6. The lowest BCUT2D eigenvalue weighted by Gasteiger charge is -2.12. The number of thiophene rings is 1. The van der Waals surface area contributed by atoms with Gasteiger partial charge in [-0.25, -0.2) is 9.97 Å². The molecule has 0 saturated carbocycles. The van der Waals surface area contributed by atoms with Crippen LogP contribution in [0.1, 0.15) is 0 Å². The number of hydrogen-bond acceptors (Lipinski definition) is 5. The predicted octanol–water partition coefficient (Wildman–Crippen LogP) is 12.8. The molecule has 0 bridgehead atoms. The molecule has 12 aromatic rings. The second-order valence-electron chi connectivity index (χ2n) is 14.2. The highest BCUT2D eigenvalue weighted by Gasteiger charge is 2.23. The number of hydrogen-bond donors (Lipinski definition) is 0. The van der Waals surface area contributed by atoms with Crippen LogP contribution in [0.25, 0.3) is 110 Å². The summed E-state index contributed by atoms with van der Waals surface area (Å²) in [6, 6.07) is 63.5. The Hall–Kier alpha value is -7.48. The van der Waals surface area contributed by atoms with Gasteiger partial charge >= 0.3 is 0 Å². The molecule has 5 heterocycles. The van der Waals surface area contributed by atoms with Crippen LogP contribution in [0, 0.1) is 0 Å². The Morgan fingerprint density at radius 3 is 1.56 bits per heavy atom. The second-order valence-corrected chi connectivity index (χ2v) is 15.3. The maximum atomic E-state index is 5.53. The predicted molar refractivity (Wildman–Crippen MR) is 235 cm³/mol. The smallest absolute Gasteiger partial charge is 0.238 e. The largest absolute Gasteiger partial charge is 0.308 e. The molecule has 0 saturated heterocycles. The number of fused-ring (bicyclic) bond motifs is 10. The molecule has 0 aliphatic heterocycles. The summed E-state index contributed by atoms with van der Waals surface area (Å²) in [5.41, 5.74) is 10.4. The van der Waals surface area contributed by atoms with E-state index in [0.717, 1.165) is 66.3 Å². The van der Waals surface area contributed by atoms with Crippen molar-refractivity contribution in [3.63, 3.8) is 0 Å². The van der Waals surface area contributed by atoms with Crippen molar-refractivity contribution in [2.24, 2.45) is 0 Å². The van der Waals surface area contributed by atoms with Crippen LogP contribution in [0.5, 0.6) is 0 Å². The van der Waals surface area contributed by atoms with Crippen molar-refractivity contribution in [2.75, 3.05) is 0 Å². The van der Waals surface area contributed by atoms with Crippen molar-refractivity contribution < 1.29 is 0 Å². The van der Waals surface area contributed by atoms with E-state index in [9.17, 15) is 0 Å². The maximum Gasteiger partial charge on any atom is 0.238 e. The number of pyridine rings is 1. The molecule has 0 atom stereocenters. The third-order valence-electron chi connectivity index (χ3n) is 11.0. The number of aromatic nitrogens is 6. The molecule has 0 fully saturated rings. The van der Waals surface area contributed by atoms with Crippen LogP contribution in [0.15, 0.2) is 182 Å². The monoisotopic (exact) mass is 746 g/mol. The lowest BCUT2D eigenvalue weighted by atomic mass is 10.0. The molecule has 0 spiro atoms. The number of benzene rings is 7. The van der Waals surface area contributed by atoms with Gasteiger partial charge in [0, 0.05) is 54.0 Å². The van der Waals surface area contributed by atoms with Crippen LogP contribution in [0.3, 0.4) is 0 Å². The molecule has 12 rings (SSSR count). The van der Waals surface area contributed by atoms with E-state index in [2.05, 4.69) is 161 Å². The summed E-state index contributed by atoms with van der Waals surface area (Å²) in [6.45, 7) is 0. The van der Waals surface area contributed by atoms with Crippen molar-refractivity contribution in [1.29, 1.82) is 0 Å². The SMILES string of the molecule is c1ccc(-c2nc(-c3ccc(-c4nc5c6ccccc6sc5c5c4c4ccccc4n5-c4ccccc4)cc3)nc(-n3c4ccccc4c4ccccc43)n2)cc1. The summed E-state index contributed by atoms with van der Waals surface area (Å²) in [5.74, 6) is 1.80. The summed E-state index contributed by atoms with van der Waals surface area (Å²) in [5, 5.41) is 5.79. The van der Waals surface area contributed by atoms with Gasteiger partial charge in [-0.3, -0.25) is 4.57 Å². The molecule has 6 nitrogen and oxygen atoms in total. The lowest BCUT2D eigenvalue weighted by molar-refractivity contribution is 0.953. The van der Waals surface area contributed by atoms with Gasteiger partial charge in [0.2, 0.25) is 5.95 Å². The zero-order valence-corrected chi connectivity index (χ0v) is 31.2. The molecule has 0 aliphatic carbocycles. The van der Waals surface area contributed by atoms with Crippen LogP contribution in [0.2, 0.25) is 0 Å². The molecule has 0 radical (unpaired) electrons. The fourth-order valence-corrected chi connectivity index (χ4v) is 9.63. The van der Waals surface area contributed by atoms with Crippen molar-refractivity contribution in [2.45, 2.75) is 0 Å². The fraction of sp³-hybridized carbons (Fsp3) is 0. The second kappa shape index (κ2) is 12.5. The van der Waals surface area contributed by atoms with Crippen molar-refractivity contribution in [3.8, 4) is 45.7 Å². The first-order chi connectivity index (χ1) is 28.3. The Labute approximate surface area is 330 Å². The van der Waals surface area contributed by atoms with Crippen molar-refractivity contribution in [3.05, 3.63) is 182 Å². The summed E-state index contributed by atoms with van der Waals surface area (Å²) in [4.78, 5) is 20.9. The van der Waals surface area contributed by atoms with Gasteiger partial charge in [-0.1, -0.05) is 146 Å². The van der Waals surface area contributed by atoms with Gasteiger partial charge < -0.3 is 4.57 Å². The Morgan fingerprint density at radius 2 is 0.895 bits per heavy atom. The van der Waals surface area contributed by atoms with Crippen molar-refractivity contribution in [1.82, 2.24) is 29.1 Å². The highest BCUT2D eigenvalue weighted by molar-refractivity contribution is 7.26. The van der Waals surface area contributed by atoms with Gasteiger partial charge in [0.25, 0.3) is 0 Å². The summed E-state index contributed by atoms with van der Waals surface area (Å²) >= 11 is 1.81. The van der Waals surface area contributed by atoms with Gasteiger partial charge in [0.1, 0.15) is 0 Å². The van der Waals surface area contributed by atoms with E-state index in [1.807, 2.05) is 41.7 Å². The normalized spacial score (nSPS) is 11.9. The van der Waals surface area contributed by atoms with Crippen LogP contribution >= 0.6 is 11.3 Å². The molecule has 57 heavy (non-hydrogen) atoms. The average molecular weight is 747 g/mol. The summed E-state index contributed by atoms with van der Waals surface area (Å²) < 4.78 is 6.97. The van der Waals surface area contributed by atoms with E-state index in [1.54, 1.807) is 0 Å². The van der Waals surface area contributed by atoms with Crippen LogP contribution in [-0.2, 0) is 0 Å². The van der Waals surface area contributed by atoms with E-state index >= 15 is 0 Å². The molecule has 0 amide bonds. The summed E-state index contributed by atoms with van der Waals surface area (Å²) in [7, 11) is 0. The first-order valence-corrected chi connectivity index (χ1v) is 19.8. The Bertz CT molecular complexity index is 3460. The molecule has 0 unspecified atom stereocenters. The first kappa shape index (κ1) is 31.8. The Kier molecular flexibility index (Phi) is 7.00. The molecule has 5 aromatic heterocycles. The highest BCUT2D eigenvalue weighted by Crippen LogP contribution is 2.46. The molecular weight excluding hydrogens is 717 g/mol. The quantitative estimate of drug-likeness (QED) is 0.176. The standard InChI is InChI=1S/C50H30N6S/c1-3-15-32(16-4-1)48-52-49(54-50(53-48)56-39-23-11-7-19-35(39)36-20-8-12-24-40(36)56)33-29-27-31(28-30-33)44-43-37-21-9-13-25-41(37)55(34-17-5-2-6-18-34)46(43)47-45(51-44)38-22-10-14-26-42(38)57-47/h1-30H. The van der Waals surface area contributed by atoms with E-state index in [-0.39, 0.29) is 0 Å². The zero-order chi connectivity index (χ0) is 37.5. The highest BCUT2D eigenvalue weighted by atomic mass is 32.1. The van der Waals surface area contributed by atoms with E-state index < -0.39 is 0 Å². The fourth-order valence-electron chi connectivity index (χ4n) is 8.45. The van der Waals surface area contributed by atoms with Gasteiger partial charge in [-0.15, -0.1) is 11.3 Å². The maximum absolute atomic E-state index is 5.53. The Balaban J connectivity index is 1.09. The molecule has 0 aliphatic rings. The number of para-hydroxylation sites is 4. The Morgan fingerprint density at radius 1 is 0.386 bits per heavy atom. The summed E-state index contributed by atoms with van der Waals surface area (Å²) in [6.07, 6.45) is 0.